The second-order valence-electron chi connectivity index (χ2n) is 4.31. The van der Waals surface area contributed by atoms with Crippen molar-refractivity contribution in [2.45, 2.75) is 26.2 Å². The van der Waals surface area contributed by atoms with E-state index in [0.29, 0.717) is 0 Å². The quantitative estimate of drug-likeness (QED) is 0.859. The van der Waals surface area contributed by atoms with Gasteiger partial charge in [-0.15, -0.1) is 0 Å². The third-order valence-corrected chi connectivity index (χ3v) is 3.99. The summed E-state index contributed by atoms with van der Waals surface area (Å²) in [5, 5.41) is 7.83. The zero-order valence-electron chi connectivity index (χ0n) is 9.89. The van der Waals surface area contributed by atoms with Gasteiger partial charge in [-0.2, -0.15) is 5.10 Å². The Kier molecular flexibility index (Phi) is 3.82. The first-order chi connectivity index (χ1) is 7.68. The molecule has 88 valence electrons. The van der Waals surface area contributed by atoms with Crippen LogP contribution in [-0.4, -0.2) is 22.9 Å². The van der Waals surface area contributed by atoms with Gasteiger partial charge < -0.3 is 5.32 Å². The minimum atomic E-state index is 1.06. The summed E-state index contributed by atoms with van der Waals surface area (Å²) in [6.45, 7) is 4.27. The van der Waals surface area contributed by atoms with E-state index in [1.165, 1.54) is 24.1 Å². The molecule has 0 unspecified atom stereocenters. The standard InChI is InChI=1S/C12H18BrN3/c1-9-12(13)11(16(2)15-9)8-10-4-3-6-14-7-5-10/h8,14H,3-7H2,1-2H3/b10-8-. The van der Waals surface area contributed by atoms with Crippen LogP contribution in [0, 0.1) is 6.92 Å². The number of nitrogens with one attached hydrogen (secondary N) is 1. The molecule has 0 bridgehead atoms. The number of halogens is 1. The number of aryl methyl sites for hydroxylation is 2. The summed E-state index contributed by atoms with van der Waals surface area (Å²) in [4.78, 5) is 0. The van der Waals surface area contributed by atoms with E-state index in [9.17, 15) is 0 Å². The van der Waals surface area contributed by atoms with Crippen molar-refractivity contribution in [1.29, 1.82) is 0 Å². The van der Waals surface area contributed by atoms with Gasteiger partial charge in [-0.05, 0) is 61.3 Å². The molecular formula is C12H18BrN3. The van der Waals surface area contributed by atoms with E-state index in [-0.39, 0.29) is 0 Å². The molecule has 0 radical (unpaired) electrons. The van der Waals surface area contributed by atoms with Crippen LogP contribution < -0.4 is 5.32 Å². The van der Waals surface area contributed by atoms with Gasteiger partial charge in [0.25, 0.3) is 0 Å². The Morgan fingerprint density at radius 3 is 2.88 bits per heavy atom. The molecule has 1 aliphatic heterocycles. The van der Waals surface area contributed by atoms with E-state index in [1.807, 2.05) is 18.7 Å². The maximum Gasteiger partial charge on any atom is 0.0751 e. The zero-order valence-corrected chi connectivity index (χ0v) is 11.5. The normalized spacial score (nSPS) is 20.1. The summed E-state index contributed by atoms with van der Waals surface area (Å²) in [5.41, 5.74) is 3.77. The van der Waals surface area contributed by atoms with E-state index in [2.05, 4.69) is 32.4 Å². The Hall–Kier alpha value is -0.610. The lowest BCUT2D eigenvalue weighted by molar-refractivity contribution is 0.703. The highest BCUT2D eigenvalue weighted by Gasteiger charge is 2.10. The fourth-order valence-corrected chi connectivity index (χ4v) is 2.53. The Labute approximate surface area is 105 Å². The van der Waals surface area contributed by atoms with Crippen molar-refractivity contribution in [2.24, 2.45) is 7.05 Å². The second-order valence-corrected chi connectivity index (χ2v) is 5.11. The average molecular weight is 284 g/mol. The molecule has 1 fully saturated rings. The third kappa shape index (κ3) is 2.55. The van der Waals surface area contributed by atoms with Gasteiger partial charge in [0.05, 0.1) is 15.9 Å². The van der Waals surface area contributed by atoms with Crippen LogP contribution in [0.2, 0.25) is 0 Å². The van der Waals surface area contributed by atoms with Gasteiger partial charge in [0, 0.05) is 7.05 Å². The van der Waals surface area contributed by atoms with E-state index >= 15 is 0 Å². The van der Waals surface area contributed by atoms with E-state index in [1.54, 1.807) is 0 Å². The average Bonchev–Trinajstić information content (AvgIpc) is 2.51. The largest absolute Gasteiger partial charge is 0.316 e. The van der Waals surface area contributed by atoms with Gasteiger partial charge in [-0.1, -0.05) is 5.57 Å². The van der Waals surface area contributed by atoms with Crippen LogP contribution in [0.25, 0.3) is 6.08 Å². The molecule has 1 aromatic rings. The van der Waals surface area contributed by atoms with E-state index < -0.39 is 0 Å². The van der Waals surface area contributed by atoms with Gasteiger partial charge in [0.15, 0.2) is 0 Å². The van der Waals surface area contributed by atoms with Crippen molar-refractivity contribution in [3.05, 3.63) is 21.4 Å². The Morgan fingerprint density at radius 1 is 1.38 bits per heavy atom. The topological polar surface area (TPSA) is 29.9 Å². The number of nitrogens with zero attached hydrogens (tertiary/aromatic N) is 2. The highest BCUT2D eigenvalue weighted by atomic mass is 79.9. The molecule has 1 aromatic heterocycles. The monoisotopic (exact) mass is 283 g/mol. The SMILES string of the molecule is Cc1nn(C)c(/C=C2/CCCNCC2)c1Br. The molecule has 2 heterocycles. The summed E-state index contributed by atoms with van der Waals surface area (Å²) < 4.78 is 3.07. The zero-order chi connectivity index (χ0) is 11.5. The molecule has 0 saturated carbocycles. The van der Waals surface area contributed by atoms with Crippen LogP contribution in [0.5, 0.6) is 0 Å². The van der Waals surface area contributed by atoms with Crippen LogP contribution >= 0.6 is 15.9 Å². The molecule has 4 heteroatoms. The Balaban J connectivity index is 2.26. The predicted octanol–water partition coefficient (Wildman–Crippen LogP) is 2.65. The second kappa shape index (κ2) is 5.15. The third-order valence-electron chi connectivity index (χ3n) is 3.01. The number of hydrogen-bond donors (Lipinski definition) is 1. The molecule has 0 amide bonds. The molecule has 1 saturated heterocycles. The van der Waals surface area contributed by atoms with Crippen LogP contribution in [-0.2, 0) is 7.05 Å². The highest BCUT2D eigenvalue weighted by Crippen LogP contribution is 2.24. The van der Waals surface area contributed by atoms with Crippen molar-refractivity contribution in [3.63, 3.8) is 0 Å². The van der Waals surface area contributed by atoms with Crippen LogP contribution in [0.3, 0.4) is 0 Å². The molecule has 1 N–H and O–H groups in total. The Bertz CT molecular complexity index is 397. The van der Waals surface area contributed by atoms with Gasteiger partial charge in [-0.25, -0.2) is 0 Å². The summed E-state index contributed by atoms with van der Waals surface area (Å²) in [7, 11) is 2.00. The van der Waals surface area contributed by atoms with Crippen molar-refractivity contribution >= 4 is 22.0 Å². The smallest absolute Gasteiger partial charge is 0.0751 e. The van der Waals surface area contributed by atoms with Crippen LogP contribution in [0.1, 0.15) is 30.7 Å². The van der Waals surface area contributed by atoms with E-state index in [0.717, 1.165) is 29.7 Å². The molecule has 0 atom stereocenters. The number of aromatic nitrogens is 2. The molecule has 0 aliphatic carbocycles. The van der Waals surface area contributed by atoms with Gasteiger partial charge in [0.2, 0.25) is 0 Å². The summed E-state index contributed by atoms with van der Waals surface area (Å²) in [5.74, 6) is 0. The molecule has 1 aliphatic rings. The van der Waals surface area contributed by atoms with Crippen molar-refractivity contribution in [2.75, 3.05) is 13.1 Å². The molecule has 0 spiro atoms. The minimum Gasteiger partial charge on any atom is -0.316 e. The molecule has 2 rings (SSSR count). The van der Waals surface area contributed by atoms with E-state index in [4.69, 9.17) is 0 Å². The Morgan fingerprint density at radius 2 is 2.19 bits per heavy atom. The van der Waals surface area contributed by atoms with Crippen molar-refractivity contribution in [3.8, 4) is 0 Å². The summed E-state index contributed by atoms with van der Waals surface area (Å²) in [6, 6.07) is 0. The maximum atomic E-state index is 4.41. The lowest BCUT2D eigenvalue weighted by Gasteiger charge is -2.03. The van der Waals surface area contributed by atoms with Gasteiger partial charge in [-0.3, -0.25) is 4.68 Å². The number of hydrogen-bond acceptors (Lipinski definition) is 2. The highest BCUT2D eigenvalue weighted by molar-refractivity contribution is 9.10. The maximum absolute atomic E-state index is 4.41. The molecule has 3 nitrogen and oxygen atoms in total. The fourth-order valence-electron chi connectivity index (χ4n) is 2.08. The summed E-state index contributed by atoms with van der Waals surface area (Å²) in [6.07, 6.45) is 5.87. The predicted molar refractivity (Wildman–Crippen MR) is 70.3 cm³/mol. The molecule has 16 heavy (non-hydrogen) atoms. The van der Waals surface area contributed by atoms with Crippen molar-refractivity contribution in [1.82, 2.24) is 15.1 Å². The van der Waals surface area contributed by atoms with Crippen LogP contribution in [0.4, 0.5) is 0 Å². The summed E-state index contributed by atoms with van der Waals surface area (Å²) >= 11 is 3.60. The molecule has 0 aromatic carbocycles. The van der Waals surface area contributed by atoms with Crippen molar-refractivity contribution < 1.29 is 0 Å². The minimum absolute atomic E-state index is 1.06. The van der Waals surface area contributed by atoms with Gasteiger partial charge in [0.1, 0.15) is 0 Å². The fraction of sp³-hybridized carbons (Fsp3) is 0.583. The lowest BCUT2D eigenvalue weighted by atomic mass is 10.1. The lowest BCUT2D eigenvalue weighted by Crippen LogP contribution is -2.13. The van der Waals surface area contributed by atoms with Crippen LogP contribution in [0.15, 0.2) is 10.0 Å². The number of rotatable bonds is 1. The first-order valence-electron chi connectivity index (χ1n) is 5.77. The first-order valence-corrected chi connectivity index (χ1v) is 6.57. The van der Waals surface area contributed by atoms with Gasteiger partial charge >= 0.3 is 0 Å². The molecular weight excluding hydrogens is 266 g/mol. The first kappa shape index (κ1) is 11.9.